The Labute approximate surface area is 118 Å². The van der Waals surface area contributed by atoms with Crippen LogP contribution in [-0.4, -0.2) is 36.1 Å². The van der Waals surface area contributed by atoms with Crippen molar-refractivity contribution in [2.45, 2.75) is 13.8 Å². The largest absolute Gasteiger partial charge is 0.398 e. The summed E-state index contributed by atoms with van der Waals surface area (Å²) in [4.78, 5) is 6.60. The molecule has 20 heavy (non-hydrogen) atoms. The van der Waals surface area contributed by atoms with E-state index in [-0.39, 0.29) is 5.82 Å². The van der Waals surface area contributed by atoms with E-state index in [4.69, 9.17) is 5.73 Å². The molecule has 4 nitrogen and oxygen atoms in total. The molecule has 3 N–H and O–H groups in total. The molecule has 2 rings (SSSR count). The zero-order valence-electron chi connectivity index (χ0n) is 12.0. The maximum absolute atomic E-state index is 13.5. The predicted octanol–water partition coefficient (Wildman–Crippen LogP) is 2.71. The molecule has 0 aliphatic carbocycles. The average Bonchev–Trinajstić information content (AvgIpc) is 2.44. The van der Waals surface area contributed by atoms with Crippen LogP contribution in [0.2, 0.25) is 0 Å². The number of pyridine rings is 1. The Kier molecular flexibility index (Phi) is 4.74. The van der Waals surface area contributed by atoms with Gasteiger partial charge in [-0.2, -0.15) is 0 Å². The average molecular weight is 276 g/mol. The highest BCUT2D eigenvalue weighted by Crippen LogP contribution is 2.27. The Balaban J connectivity index is 2.18. The molecular weight excluding hydrogens is 255 g/mol. The van der Waals surface area contributed by atoms with Gasteiger partial charge in [0.2, 0.25) is 0 Å². The van der Waals surface area contributed by atoms with E-state index in [0.29, 0.717) is 11.5 Å². The van der Waals surface area contributed by atoms with E-state index < -0.39 is 0 Å². The molecule has 0 unspecified atom stereocenters. The van der Waals surface area contributed by atoms with E-state index in [9.17, 15) is 4.39 Å². The quantitative estimate of drug-likeness (QED) is 0.797. The van der Waals surface area contributed by atoms with Crippen molar-refractivity contribution < 1.29 is 4.39 Å². The lowest BCUT2D eigenvalue weighted by Crippen LogP contribution is -2.28. The predicted molar refractivity (Wildman–Crippen MR) is 82.4 cm³/mol. The second kappa shape index (κ2) is 6.52. The van der Waals surface area contributed by atoms with E-state index in [1.807, 2.05) is 0 Å². The number of nitrogens with zero attached hydrogens (tertiary/aromatic N) is 2. The zero-order chi connectivity index (χ0) is 14.5. The molecule has 0 fully saturated rings. The first kappa shape index (κ1) is 14.5. The second-order valence-corrected chi connectivity index (χ2v) is 4.70. The van der Waals surface area contributed by atoms with Crippen LogP contribution in [0, 0.1) is 5.82 Å². The molecule has 2 aromatic rings. The lowest BCUT2D eigenvalue weighted by Gasteiger charge is -2.18. The van der Waals surface area contributed by atoms with Crippen molar-refractivity contribution in [3.63, 3.8) is 0 Å². The Morgan fingerprint density at radius 2 is 2.00 bits per heavy atom. The first-order chi connectivity index (χ1) is 9.65. The molecule has 0 amide bonds. The summed E-state index contributed by atoms with van der Waals surface area (Å²) < 4.78 is 13.5. The van der Waals surface area contributed by atoms with Gasteiger partial charge in [0, 0.05) is 35.7 Å². The molecule has 108 valence electrons. The molecule has 1 aromatic heterocycles. The van der Waals surface area contributed by atoms with Crippen LogP contribution in [0.25, 0.3) is 10.8 Å². The fraction of sp³-hybridized carbons (Fsp3) is 0.400. The maximum Gasteiger partial charge on any atom is 0.134 e. The van der Waals surface area contributed by atoms with Gasteiger partial charge in [0.1, 0.15) is 11.6 Å². The van der Waals surface area contributed by atoms with Crippen LogP contribution in [0.15, 0.2) is 24.4 Å². The lowest BCUT2D eigenvalue weighted by atomic mass is 10.1. The number of likely N-dealkylation sites (N-methyl/N-ethyl adjacent to an activating group) is 1. The number of nitrogen functional groups attached to an aromatic ring is 1. The number of rotatable bonds is 6. The second-order valence-electron chi connectivity index (χ2n) is 4.70. The van der Waals surface area contributed by atoms with Gasteiger partial charge < -0.3 is 16.0 Å². The minimum Gasteiger partial charge on any atom is -0.398 e. The van der Waals surface area contributed by atoms with Gasteiger partial charge in [0.15, 0.2) is 0 Å². The maximum atomic E-state index is 13.5. The molecule has 0 atom stereocenters. The van der Waals surface area contributed by atoms with Gasteiger partial charge in [-0.3, -0.25) is 0 Å². The van der Waals surface area contributed by atoms with Crippen molar-refractivity contribution in [2.75, 3.05) is 37.2 Å². The van der Waals surface area contributed by atoms with Crippen molar-refractivity contribution in [1.29, 1.82) is 0 Å². The Morgan fingerprint density at radius 3 is 2.70 bits per heavy atom. The fourth-order valence-electron chi connectivity index (χ4n) is 2.29. The molecule has 1 heterocycles. The number of anilines is 2. The molecule has 0 radical (unpaired) electrons. The number of fused-ring (bicyclic) bond motifs is 1. The van der Waals surface area contributed by atoms with Gasteiger partial charge in [-0.1, -0.05) is 13.8 Å². The molecule has 0 bridgehead atoms. The van der Waals surface area contributed by atoms with E-state index in [1.54, 1.807) is 12.3 Å². The van der Waals surface area contributed by atoms with Crippen LogP contribution in [0.4, 0.5) is 15.9 Å². The third-order valence-corrected chi connectivity index (χ3v) is 3.49. The summed E-state index contributed by atoms with van der Waals surface area (Å²) in [5.41, 5.74) is 6.28. The SMILES string of the molecule is CCN(CC)CCNc1nccc2c(N)cc(F)cc12. The number of nitrogens with two attached hydrogens (primary N) is 1. The van der Waals surface area contributed by atoms with Crippen molar-refractivity contribution in [2.24, 2.45) is 0 Å². The first-order valence-electron chi connectivity index (χ1n) is 6.95. The van der Waals surface area contributed by atoms with Gasteiger partial charge in [-0.15, -0.1) is 0 Å². The summed E-state index contributed by atoms with van der Waals surface area (Å²) >= 11 is 0. The summed E-state index contributed by atoms with van der Waals surface area (Å²) in [5, 5.41) is 4.82. The van der Waals surface area contributed by atoms with Crippen LogP contribution in [0.1, 0.15) is 13.8 Å². The standard InChI is InChI=1S/C15H21FN4/c1-3-20(4-2)8-7-19-15-13-9-11(16)10-14(17)12(13)5-6-18-15/h5-6,9-10H,3-4,7-8,17H2,1-2H3,(H,18,19). The fourth-order valence-corrected chi connectivity index (χ4v) is 2.29. The number of nitrogens with one attached hydrogen (secondary N) is 1. The molecule has 0 aliphatic heterocycles. The Morgan fingerprint density at radius 1 is 1.25 bits per heavy atom. The minimum absolute atomic E-state index is 0.338. The van der Waals surface area contributed by atoms with E-state index in [1.165, 1.54) is 12.1 Å². The lowest BCUT2D eigenvalue weighted by molar-refractivity contribution is 0.316. The highest BCUT2D eigenvalue weighted by molar-refractivity contribution is 5.99. The van der Waals surface area contributed by atoms with Crippen LogP contribution in [-0.2, 0) is 0 Å². The van der Waals surface area contributed by atoms with Crippen molar-refractivity contribution in [3.8, 4) is 0 Å². The topological polar surface area (TPSA) is 54.2 Å². The molecule has 0 spiro atoms. The monoisotopic (exact) mass is 276 g/mol. The smallest absolute Gasteiger partial charge is 0.134 e. The van der Waals surface area contributed by atoms with Crippen molar-refractivity contribution in [1.82, 2.24) is 9.88 Å². The van der Waals surface area contributed by atoms with Crippen LogP contribution in [0.5, 0.6) is 0 Å². The molecule has 1 aromatic carbocycles. The third-order valence-electron chi connectivity index (χ3n) is 3.49. The minimum atomic E-state index is -0.338. The highest BCUT2D eigenvalue weighted by atomic mass is 19.1. The van der Waals surface area contributed by atoms with Gasteiger partial charge >= 0.3 is 0 Å². The van der Waals surface area contributed by atoms with Crippen LogP contribution in [0.3, 0.4) is 0 Å². The molecule has 5 heteroatoms. The van der Waals surface area contributed by atoms with E-state index in [0.717, 1.165) is 37.0 Å². The van der Waals surface area contributed by atoms with Crippen LogP contribution >= 0.6 is 0 Å². The highest BCUT2D eigenvalue weighted by Gasteiger charge is 2.07. The summed E-state index contributed by atoms with van der Waals surface area (Å²) in [6.07, 6.45) is 1.69. The summed E-state index contributed by atoms with van der Waals surface area (Å²) in [6, 6.07) is 4.61. The summed E-state index contributed by atoms with van der Waals surface area (Å²) in [7, 11) is 0. The van der Waals surface area contributed by atoms with Gasteiger partial charge in [-0.25, -0.2) is 9.37 Å². The normalized spacial score (nSPS) is 11.2. The molecular formula is C15H21FN4. The molecule has 0 saturated heterocycles. The molecule has 0 saturated carbocycles. The Hall–Kier alpha value is -1.88. The number of hydrogen-bond donors (Lipinski definition) is 2. The van der Waals surface area contributed by atoms with E-state index >= 15 is 0 Å². The van der Waals surface area contributed by atoms with Crippen molar-refractivity contribution >= 4 is 22.3 Å². The molecule has 0 aliphatic rings. The summed E-state index contributed by atoms with van der Waals surface area (Å²) in [5.74, 6) is 0.343. The van der Waals surface area contributed by atoms with Gasteiger partial charge in [-0.05, 0) is 31.3 Å². The first-order valence-corrected chi connectivity index (χ1v) is 6.95. The number of halogens is 1. The summed E-state index contributed by atoms with van der Waals surface area (Å²) in [6.45, 7) is 8.00. The van der Waals surface area contributed by atoms with Gasteiger partial charge in [0.25, 0.3) is 0 Å². The van der Waals surface area contributed by atoms with Gasteiger partial charge in [0.05, 0.1) is 0 Å². The van der Waals surface area contributed by atoms with Crippen molar-refractivity contribution in [3.05, 3.63) is 30.2 Å². The zero-order valence-corrected chi connectivity index (χ0v) is 12.0. The van der Waals surface area contributed by atoms with Crippen LogP contribution < -0.4 is 11.1 Å². The third kappa shape index (κ3) is 3.17. The Bertz CT molecular complexity index is 581. The number of benzene rings is 1. The van der Waals surface area contributed by atoms with E-state index in [2.05, 4.69) is 29.0 Å². The number of hydrogen-bond acceptors (Lipinski definition) is 4. The number of aromatic nitrogens is 1.